The topological polar surface area (TPSA) is 62.8 Å². The van der Waals surface area contributed by atoms with Crippen molar-refractivity contribution in [3.05, 3.63) is 18.3 Å². The Labute approximate surface area is 83.2 Å². The van der Waals surface area contributed by atoms with Gasteiger partial charge in [0, 0.05) is 25.2 Å². The van der Waals surface area contributed by atoms with Crippen LogP contribution < -0.4 is 5.32 Å². The second-order valence-electron chi connectivity index (χ2n) is 3.41. The molecule has 1 aliphatic heterocycles. The van der Waals surface area contributed by atoms with Gasteiger partial charge in [-0.05, 0) is 12.8 Å². The van der Waals surface area contributed by atoms with Crippen molar-refractivity contribution in [2.45, 2.75) is 18.9 Å². The maximum Gasteiger partial charge on any atom is 0.0862 e. The second-order valence-corrected chi connectivity index (χ2v) is 3.41. The molecular formula is C9H15N4O. The van der Waals surface area contributed by atoms with Gasteiger partial charge < -0.3 is 10.1 Å². The molecule has 0 spiro atoms. The number of hydrogen-bond donors (Lipinski definition) is 2. The van der Waals surface area contributed by atoms with Crippen molar-refractivity contribution in [1.29, 1.82) is 0 Å². The molecule has 1 saturated heterocycles. The van der Waals surface area contributed by atoms with E-state index in [4.69, 9.17) is 4.74 Å². The summed E-state index contributed by atoms with van der Waals surface area (Å²) in [5, 5.41) is 13.6. The van der Waals surface area contributed by atoms with Crippen LogP contribution in [0.5, 0.6) is 0 Å². The summed E-state index contributed by atoms with van der Waals surface area (Å²) in [7, 11) is 0. The molecule has 1 radical (unpaired) electrons. The molecule has 77 valence electrons. The number of H-pyrrole nitrogens is 1. The number of ether oxygens (including phenoxy) is 1. The molecule has 0 aliphatic carbocycles. The van der Waals surface area contributed by atoms with Crippen molar-refractivity contribution in [2.75, 3.05) is 19.8 Å². The number of rotatable bonds is 4. The predicted octanol–water partition coefficient (Wildman–Crippen LogP) is 0.126. The first kappa shape index (κ1) is 9.61. The van der Waals surface area contributed by atoms with Crippen LogP contribution >= 0.6 is 0 Å². The van der Waals surface area contributed by atoms with Gasteiger partial charge >= 0.3 is 0 Å². The monoisotopic (exact) mass is 195 g/mol. The summed E-state index contributed by atoms with van der Waals surface area (Å²) in [6.07, 6.45) is 5.98. The first-order valence-electron chi connectivity index (χ1n) is 4.96. The van der Waals surface area contributed by atoms with E-state index in [-0.39, 0.29) is 0 Å². The SMILES string of the molecule is [CH](CCC1COCCN1)c1c[nH]nn1. The van der Waals surface area contributed by atoms with Gasteiger partial charge in [-0.3, -0.25) is 5.10 Å². The molecule has 0 saturated carbocycles. The van der Waals surface area contributed by atoms with Crippen LogP contribution in [0.25, 0.3) is 0 Å². The van der Waals surface area contributed by atoms with E-state index in [2.05, 4.69) is 27.1 Å². The average Bonchev–Trinajstić information content (AvgIpc) is 2.72. The molecule has 0 aromatic carbocycles. The standard InChI is InChI=1S/C9H15N4O/c1(2-8-6-11-13-12-8)3-9-7-14-5-4-10-9/h2,6,9-10H,1,3-5,7H2,(H,11,12,13). The molecule has 14 heavy (non-hydrogen) atoms. The summed E-state index contributed by atoms with van der Waals surface area (Å²) >= 11 is 0. The van der Waals surface area contributed by atoms with Crippen LogP contribution in [0.3, 0.4) is 0 Å². The van der Waals surface area contributed by atoms with Crippen molar-refractivity contribution in [3.63, 3.8) is 0 Å². The smallest absolute Gasteiger partial charge is 0.0862 e. The Balaban J connectivity index is 1.62. The van der Waals surface area contributed by atoms with Crippen LogP contribution in [0.2, 0.25) is 0 Å². The zero-order valence-corrected chi connectivity index (χ0v) is 8.07. The Kier molecular flexibility index (Phi) is 3.48. The van der Waals surface area contributed by atoms with Crippen LogP contribution in [0, 0.1) is 6.42 Å². The van der Waals surface area contributed by atoms with Crippen molar-refractivity contribution in [2.24, 2.45) is 0 Å². The molecule has 1 aromatic heterocycles. The largest absolute Gasteiger partial charge is 0.379 e. The highest BCUT2D eigenvalue weighted by molar-refractivity contribution is 5.04. The number of aromatic amines is 1. The molecule has 2 heterocycles. The molecule has 1 aliphatic rings. The van der Waals surface area contributed by atoms with Crippen LogP contribution in [0.4, 0.5) is 0 Å². The summed E-state index contributed by atoms with van der Waals surface area (Å²) in [6.45, 7) is 2.63. The maximum absolute atomic E-state index is 5.36. The molecule has 1 atom stereocenters. The van der Waals surface area contributed by atoms with E-state index >= 15 is 0 Å². The zero-order chi connectivity index (χ0) is 9.64. The highest BCUT2D eigenvalue weighted by Crippen LogP contribution is 2.07. The van der Waals surface area contributed by atoms with Crippen molar-refractivity contribution in [3.8, 4) is 0 Å². The van der Waals surface area contributed by atoms with Crippen LogP contribution in [-0.2, 0) is 4.74 Å². The van der Waals surface area contributed by atoms with E-state index < -0.39 is 0 Å². The third-order valence-corrected chi connectivity index (χ3v) is 2.30. The Morgan fingerprint density at radius 2 is 2.64 bits per heavy atom. The quantitative estimate of drug-likeness (QED) is 0.716. The molecule has 1 aromatic rings. The molecule has 2 N–H and O–H groups in total. The minimum Gasteiger partial charge on any atom is -0.379 e. The number of nitrogens with one attached hydrogen (secondary N) is 2. The number of hydrogen-bond acceptors (Lipinski definition) is 4. The lowest BCUT2D eigenvalue weighted by Gasteiger charge is -2.23. The molecule has 1 fully saturated rings. The van der Waals surface area contributed by atoms with Gasteiger partial charge in [-0.1, -0.05) is 5.21 Å². The van der Waals surface area contributed by atoms with Gasteiger partial charge in [0.15, 0.2) is 0 Å². The number of morpholine rings is 1. The number of nitrogens with zero attached hydrogens (tertiary/aromatic N) is 2. The third kappa shape index (κ3) is 2.78. The van der Waals surface area contributed by atoms with E-state index in [1.807, 2.05) is 0 Å². The van der Waals surface area contributed by atoms with Gasteiger partial charge in [0.25, 0.3) is 0 Å². The van der Waals surface area contributed by atoms with E-state index in [0.717, 1.165) is 38.3 Å². The minimum atomic E-state index is 0.493. The van der Waals surface area contributed by atoms with Gasteiger partial charge in [0.05, 0.1) is 18.9 Å². The highest BCUT2D eigenvalue weighted by atomic mass is 16.5. The Morgan fingerprint density at radius 3 is 3.36 bits per heavy atom. The first-order valence-corrected chi connectivity index (χ1v) is 4.96. The van der Waals surface area contributed by atoms with Gasteiger partial charge in [0.2, 0.25) is 0 Å². The second kappa shape index (κ2) is 5.07. The van der Waals surface area contributed by atoms with Crippen LogP contribution in [0.15, 0.2) is 6.20 Å². The van der Waals surface area contributed by atoms with E-state index in [1.165, 1.54) is 0 Å². The molecule has 0 bridgehead atoms. The molecule has 2 rings (SSSR count). The Morgan fingerprint density at radius 1 is 1.64 bits per heavy atom. The van der Waals surface area contributed by atoms with Gasteiger partial charge in [-0.15, -0.1) is 5.10 Å². The molecule has 5 nitrogen and oxygen atoms in total. The molecule has 0 amide bonds. The Hall–Kier alpha value is -0.940. The fraction of sp³-hybridized carbons (Fsp3) is 0.667. The lowest BCUT2D eigenvalue weighted by atomic mass is 10.1. The predicted molar refractivity (Wildman–Crippen MR) is 51.6 cm³/mol. The molecular weight excluding hydrogens is 180 g/mol. The lowest BCUT2D eigenvalue weighted by Crippen LogP contribution is -2.41. The van der Waals surface area contributed by atoms with Crippen LogP contribution in [0.1, 0.15) is 18.5 Å². The van der Waals surface area contributed by atoms with E-state index in [9.17, 15) is 0 Å². The summed E-state index contributed by atoms with van der Waals surface area (Å²) in [6, 6.07) is 0.493. The lowest BCUT2D eigenvalue weighted by molar-refractivity contribution is 0.0743. The first-order chi connectivity index (χ1) is 6.95. The highest BCUT2D eigenvalue weighted by Gasteiger charge is 2.12. The van der Waals surface area contributed by atoms with Crippen molar-refractivity contribution < 1.29 is 4.74 Å². The summed E-state index contributed by atoms with van der Waals surface area (Å²) in [5.74, 6) is 0. The summed E-state index contributed by atoms with van der Waals surface area (Å²) in [4.78, 5) is 0. The van der Waals surface area contributed by atoms with Gasteiger partial charge in [-0.2, -0.15) is 0 Å². The van der Waals surface area contributed by atoms with Crippen molar-refractivity contribution >= 4 is 0 Å². The maximum atomic E-state index is 5.36. The fourth-order valence-electron chi connectivity index (χ4n) is 1.55. The number of aromatic nitrogens is 3. The molecule has 5 heteroatoms. The summed E-state index contributed by atoms with van der Waals surface area (Å²) in [5.41, 5.74) is 0.918. The average molecular weight is 195 g/mol. The normalized spacial score (nSPS) is 22.4. The fourth-order valence-corrected chi connectivity index (χ4v) is 1.55. The van der Waals surface area contributed by atoms with Gasteiger partial charge in [-0.25, -0.2) is 0 Å². The zero-order valence-electron chi connectivity index (χ0n) is 8.07. The van der Waals surface area contributed by atoms with Crippen molar-refractivity contribution in [1.82, 2.24) is 20.7 Å². The Bertz CT molecular complexity index is 243. The van der Waals surface area contributed by atoms with E-state index in [0.29, 0.717) is 6.04 Å². The summed E-state index contributed by atoms with van der Waals surface area (Å²) < 4.78 is 5.36. The minimum absolute atomic E-state index is 0.493. The molecule has 1 unspecified atom stereocenters. The van der Waals surface area contributed by atoms with E-state index in [1.54, 1.807) is 6.20 Å². The third-order valence-electron chi connectivity index (χ3n) is 2.30. The van der Waals surface area contributed by atoms with Gasteiger partial charge in [0.1, 0.15) is 0 Å². The van der Waals surface area contributed by atoms with Crippen LogP contribution in [-0.4, -0.2) is 41.2 Å².